The second-order valence-corrected chi connectivity index (χ2v) is 8.49. The summed E-state index contributed by atoms with van der Waals surface area (Å²) in [5.41, 5.74) is 2.15. The van der Waals surface area contributed by atoms with Crippen LogP contribution in [0, 0.1) is 12.8 Å². The number of nitrogens with one attached hydrogen (secondary N) is 1. The Balaban J connectivity index is 1.33. The van der Waals surface area contributed by atoms with E-state index in [2.05, 4.69) is 5.32 Å². The fraction of sp³-hybridized carbons (Fsp3) is 0.269. The molecule has 4 heterocycles. The average Bonchev–Trinajstić information content (AvgIpc) is 3.64. The topological polar surface area (TPSA) is 85.3 Å². The van der Waals surface area contributed by atoms with Crippen molar-refractivity contribution < 1.29 is 14.0 Å². The lowest BCUT2D eigenvalue weighted by Gasteiger charge is -2.31. The SMILES string of the molecule is Cc1nn(-c2ccccc2)c(-n2cccc2)c1C(=O)N1CCC(C(=O)NCc2ccco2)CC1. The van der Waals surface area contributed by atoms with Crippen LogP contribution in [-0.4, -0.2) is 44.2 Å². The molecule has 1 saturated heterocycles. The lowest BCUT2D eigenvalue weighted by Crippen LogP contribution is -2.43. The first-order valence-electron chi connectivity index (χ1n) is 11.5. The number of likely N-dealkylation sites (tertiary alicyclic amines) is 1. The molecule has 0 radical (unpaired) electrons. The maximum atomic E-state index is 13.7. The van der Waals surface area contributed by atoms with Crippen molar-refractivity contribution in [3.63, 3.8) is 0 Å². The molecular formula is C26H27N5O3. The van der Waals surface area contributed by atoms with Crippen molar-refractivity contribution in [1.82, 2.24) is 24.6 Å². The number of hydrogen-bond donors (Lipinski definition) is 1. The summed E-state index contributed by atoms with van der Waals surface area (Å²) in [7, 11) is 0. The van der Waals surface area contributed by atoms with Crippen LogP contribution in [0.1, 0.15) is 34.7 Å². The first-order valence-corrected chi connectivity index (χ1v) is 11.5. The Morgan fingerprint density at radius 2 is 1.76 bits per heavy atom. The molecule has 0 unspecified atom stereocenters. The van der Waals surface area contributed by atoms with Crippen LogP contribution >= 0.6 is 0 Å². The third-order valence-electron chi connectivity index (χ3n) is 6.27. The summed E-state index contributed by atoms with van der Waals surface area (Å²) in [6.45, 7) is 3.30. The third-order valence-corrected chi connectivity index (χ3v) is 6.27. The van der Waals surface area contributed by atoms with Crippen LogP contribution in [0.4, 0.5) is 0 Å². The number of furan rings is 1. The van der Waals surface area contributed by atoms with E-state index in [-0.39, 0.29) is 17.7 Å². The molecule has 0 bridgehead atoms. The zero-order chi connectivity index (χ0) is 23.5. The summed E-state index contributed by atoms with van der Waals surface area (Å²) in [6.07, 6.45) is 6.68. The van der Waals surface area contributed by atoms with Gasteiger partial charge >= 0.3 is 0 Å². The van der Waals surface area contributed by atoms with E-state index >= 15 is 0 Å². The minimum atomic E-state index is -0.115. The van der Waals surface area contributed by atoms with Gasteiger partial charge in [0.05, 0.1) is 24.2 Å². The van der Waals surface area contributed by atoms with Crippen molar-refractivity contribution in [2.24, 2.45) is 5.92 Å². The molecule has 1 fully saturated rings. The van der Waals surface area contributed by atoms with Gasteiger partial charge in [-0.2, -0.15) is 5.10 Å². The van der Waals surface area contributed by atoms with Crippen LogP contribution in [0.3, 0.4) is 0 Å². The van der Waals surface area contributed by atoms with Gasteiger partial charge in [0.15, 0.2) is 5.82 Å². The van der Waals surface area contributed by atoms with Gasteiger partial charge in [0.2, 0.25) is 5.91 Å². The molecule has 5 rings (SSSR count). The van der Waals surface area contributed by atoms with E-state index in [0.29, 0.717) is 43.7 Å². The first kappa shape index (κ1) is 21.8. The van der Waals surface area contributed by atoms with E-state index in [1.807, 2.05) is 82.0 Å². The van der Waals surface area contributed by atoms with Crippen LogP contribution in [0.5, 0.6) is 0 Å². The number of para-hydroxylation sites is 1. The number of amides is 2. The highest BCUT2D eigenvalue weighted by molar-refractivity contribution is 5.99. The summed E-state index contributed by atoms with van der Waals surface area (Å²) >= 11 is 0. The standard InChI is InChI=1S/C26H27N5O3/c1-19-23(25(29-13-5-6-14-29)31(28-19)21-8-3-2-4-9-21)26(33)30-15-11-20(12-16-30)24(32)27-18-22-10-7-17-34-22/h2-10,13-14,17,20H,11-12,15-16,18H2,1H3,(H,27,32). The molecule has 1 aliphatic heterocycles. The fourth-order valence-corrected chi connectivity index (χ4v) is 4.46. The number of aromatic nitrogens is 3. The van der Waals surface area contributed by atoms with Crippen LogP contribution in [-0.2, 0) is 11.3 Å². The van der Waals surface area contributed by atoms with Gasteiger partial charge in [0.25, 0.3) is 5.91 Å². The van der Waals surface area contributed by atoms with Gasteiger partial charge in [-0.3, -0.25) is 9.59 Å². The number of nitrogens with zero attached hydrogens (tertiary/aromatic N) is 4. The molecule has 2 amide bonds. The van der Waals surface area contributed by atoms with E-state index in [1.165, 1.54) is 0 Å². The smallest absolute Gasteiger partial charge is 0.259 e. The van der Waals surface area contributed by atoms with Crippen LogP contribution < -0.4 is 5.32 Å². The zero-order valence-electron chi connectivity index (χ0n) is 19.1. The lowest BCUT2D eigenvalue weighted by molar-refractivity contribution is -0.126. The fourth-order valence-electron chi connectivity index (χ4n) is 4.46. The Morgan fingerprint density at radius 1 is 1.03 bits per heavy atom. The van der Waals surface area contributed by atoms with Crippen molar-refractivity contribution in [3.05, 3.63) is 90.3 Å². The Bertz CT molecular complexity index is 1250. The number of rotatable bonds is 6. The first-order chi connectivity index (χ1) is 16.6. The maximum Gasteiger partial charge on any atom is 0.259 e. The third kappa shape index (κ3) is 4.26. The number of benzene rings is 1. The molecule has 174 valence electrons. The molecule has 1 N–H and O–H groups in total. The van der Waals surface area contributed by atoms with E-state index in [4.69, 9.17) is 9.52 Å². The molecule has 1 aromatic carbocycles. The molecule has 0 atom stereocenters. The summed E-state index contributed by atoms with van der Waals surface area (Å²) in [5.74, 6) is 1.28. The molecular weight excluding hydrogens is 430 g/mol. The summed E-state index contributed by atoms with van der Waals surface area (Å²) in [5, 5.41) is 7.66. The molecule has 34 heavy (non-hydrogen) atoms. The number of piperidine rings is 1. The summed E-state index contributed by atoms with van der Waals surface area (Å²) < 4.78 is 9.02. The van der Waals surface area contributed by atoms with Gasteiger partial charge < -0.3 is 19.2 Å². The largest absolute Gasteiger partial charge is 0.467 e. The van der Waals surface area contributed by atoms with E-state index < -0.39 is 0 Å². The number of carbonyl (C=O) groups is 2. The normalized spacial score (nSPS) is 14.3. The Hall–Kier alpha value is -4.07. The van der Waals surface area contributed by atoms with Crippen molar-refractivity contribution in [2.75, 3.05) is 13.1 Å². The highest BCUT2D eigenvalue weighted by atomic mass is 16.3. The average molecular weight is 458 g/mol. The van der Waals surface area contributed by atoms with Crippen LogP contribution in [0.25, 0.3) is 11.5 Å². The molecule has 0 aliphatic carbocycles. The predicted molar refractivity (Wildman–Crippen MR) is 127 cm³/mol. The highest BCUT2D eigenvalue weighted by Crippen LogP contribution is 2.27. The highest BCUT2D eigenvalue weighted by Gasteiger charge is 2.32. The van der Waals surface area contributed by atoms with Gasteiger partial charge in [-0.05, 0) is 56.2 Å². The molecule has 4 aromatic rings. The van der Waals surface area contributed by atoms with Gasteiger partial charge in [-0.15, -0.1) is 0 Å². The van der Waals surface area contributed by atoms with Gasteiger partial charge in [-0.1, -0.05) is 18.2 Å². The van der Waals surface area contributed by atoms with Gasteiger partial charge in [0, 0.05) is 31.4 Å². The van der Waals surface area contributed by atoms with Gasteiger partial charge in [-0.25, -0.2) is 4.68 Å². The van der Waals surface area contributed by atoms with Crippen molar-refractivity contribution in [1.29, 1.82) is 0 Å². The zero-order valence-corrected chi connectivity index (χ0v) is 19.1. The molecule has 8 nitrogen and oxygen atoms in total. The predicted octanol–water partition coefficient (Wildman–Crippen LogP) is 3.73. The van der Waals surface area contributed by atoms with E-state index in [1.54, 1.807) is 12.3 Å². The minimum absolute atomic E-state index is 0.00427. The van der Waals surface area contributed by atoms with Gasteiger partial charge in [0.1, 0.15) is 11.3 Å². The monoisotopic (exact) mass is 457 g/mol. The molecule has 1 aliphatic rings. The quantitative estimate of drug-likeness (QED) is 0.478. The van der Waals surface area contributed by atoms with Crippen molar-refractivity contribution in [3.8, 4) is 11.5 Å². The second kappa shape index (κ2) is 9.43. The Labute approximate surface area is 197 Å². The number of hydrogen-bond acceptors (Lipinski definition) is 4. The second-order valence-electron chi connectivity index (χ2n) is 8.49. The lowest BCUT2D eigenvalue weighted by atomic mass is 9.95. The Kier molecular flexibility index (Phi) is 6.03. The van der Waals surface area contributed by atoms with Crippen molar-refractivity contribution in [2.45, 2.75) is 26.3 Å². The van der Waals surface area contributed by atoms with E-state index in [9.17, 15) is 9.59 Å². The number of aryl methyl sites for hydroxylation is 1. The molecule has 3 aromatic heterocycles. The molecule has 0 spiro atoms. The molecule has 8 heteroatoms. The van der Waals surface area contributed by atoms with Crippen LogP contribution in [0.15, 0.2) is 77.7 Å². The minimum Gasteiger partial charge on any atom is -0.467 e. The summed E-state index contributed by atoms with van der Waals surface area (Å²) in [6, 6.07) is 17.3. The Morgan fingerprint density at radius 3 is 2.44 bits per heavy atom. The summed E-state index contributed by atoms with van der Waals surface area (Å²) in [4.78, 5) is 28.1. The van der Waals surface area contributed by atoms with Crippen LogP contribution in [0.2, 0.25) is 0 Å². The van der Waals surface area contributed by atoms with E-state index in [0.717, 1.165) is 17.3 Å². The number of carbonyl (C=O) groups excluding carboxylic acids is 2. The van der Waals surface area contributed by atoms with Crippen molar-refractivity contribution >= 4 is 11.8 Å². The maximum absolute atomic E-state index is 13.7. The molecule has 0 saturated carbocycles.